The molecule has 0 saturated heterocycles. The molecule has 4 nitrogen and oxygen atoms in total. The molecule has 5 heteroatoms. The lowest BCUT2D eigenvalue weighted by Gasteiger charge is -1.89. The molecule has 0 aliphatic heterocycles. The second kappa shape index (κ2) is 4.31. The molecule has 0 atom stereocenters. The van der Waals surface area contributed by atoms with Crippen molar-refractivity contribution in [1.82, 2.24) is 9.97 Å². The zero-order valence-electron chi connectivity index (χ0n) is 10.8. The van der Waals surface area contributed by atoms with Crippen LogP contribution < -0.4 is 4.80 Å². The number of nitrogens with one attached hydrogen (secondary N) is 1. The van der Waals surface area contributed by atoms with Gasteiger partial charge in [0.05, 0.1) is 10.2 Å². The van der Waals surface area contributed by atoms with Crippen LogP contribution in [0.25, 0.3) is 21.3 Å². The number of hydrogen-bond donors (Lipinski definition) is 1. The molecule has 98 valence electrons. The van der Waals surface area contributed by atoms with Crippen LogP contribution in [0.1, 0.15) is 5.56 Å². The van der Waals surface area contributed by atoms with Crippen molar-refractivity contribution in [3.05, 3.63) is 52.8 Å². The first kappa shape index (κ1) is 11.4. The minimum atomic E-state index is 0.380. The SMILES string of the molecule is Cc1ccc2[nH]c(=Nc3nc4ccccc4o3)sc2c1. The topological polar surface area (TPSA) is 54.2 Å². The van der Waals surface area contributed by atoms with Crippen molar-refractivity contribution in [3.8, 4) is 0 Å². The van der Waals surface area contributed by atoms with E-state index < -0.39 is 0 Å². The molecule has 0 unspecified atom stereocenters. The van der Waals surface area contributed by atoms with Crippen molar-refractivity contribution in [1.29, 1.82) is 0 Å². The third-order valence-corrected chi connectivity index (χ3v) is 4.01. The minimum Gasteiger partial charge on any atom is -0.422 e. The number of H-pyrrole nitrogens is 1. The summed E-state index contributed by atoms with van der Waals surface area (Å²) in [5.74, 6) is 0. The normalized spacial score (nSPS) is 12.6. The van der Waals surface area contributed by atoms with E-state index in [9.17, 15) is 0 Å². The van der Waals surface area contributed by atoms with E-state index in [1.54, 1.807) is 11.3 Å². The molecule has 2 aromatic heterocycles. The Bertz CT molecular complexity index is 944. The molecule has 0 radical (unpaired) electrons. The molecule has 0 aliphatic carbocycles. The van der Waals surface area contributed by atoms with Crippen molar-refractivity contribution in [2.24, 2.45) is 4.99 Å². The highest BCUT2D eigenvalue weighted by Crippen LogP contribution is 2.21. The number of aromatic nitrogens is 2. The van der Waals surface area contributed by atoms with Gasteiger partial charge in [0.15, 0.2) is 10.4 Å². The third kappa shape index (κ3) is 1.92. The lowest BCUT2D eigenvalue weighted by atomic mass is 10.2. The van der Waals surface area contributed by atoms with Crippen molar-refractivity contribution >= 4 is 38.7 Å². The quantitative estimate of drug-likeness (QED) is 0.575. The molecule has 0 saturated carbocycles. The molecule has 4 rings (SSSR count). The minimum absolute atomic E-state index is 0.380. The first-order chi connectivity index (χ1) is 9.78. The predicted octanol–water partition coefficient (Wildman–Crippen LogP) is 3.91. The molecule has 0 amide bonds. The zero-order valence-corrected chi connectivity index (χ0v) is 11.6. The number of hydrogen-bond acceptors (Lipinski definition) is 4. The number of thiazole rings is 1. The molecule has 4 aromatic rings. The number of benzene rings is 2. The Hall–Kier alpha value is -2.40. The van der Waals surface area contributed by atoms with Gasteiger partial charge in [0.1, 0.15) is 5.52 Å². The largest absolute Gasteiger partial charge is 0.422 e. The summed E-state index contributed by atoms with van der Waals surface area (Å²) in [5.41, 5.74) is 3.89. The number of aryl methyl sites for hydroxylation is 1. The van der Waals surface area contributed by atoms with E-state index in [1.807, 2.05) is 24.3 Å². The van der Waals surface area contributed by atoms with Gasteiger partial charge in [-0.1, -0.05) is 29.5 Å². The summed E-state index contributed by atoms with van der Waals surface area (Å²) >= 11 is 1.59. The summed E-state index contributed by atoms with van der Waals surface area (Å²) in [6, 6.07) is 14.3. The Morgan fingerprint density at radius 3 is 3.00 bits per heavy atom. The number of rotatable bonds is 1. The molecule has 20 heavy (non-hydrogen) atoms. The van der Waals surface area contributed by atoms with E-state index in [2.05, 4.69) is 40.1 Å². The Morgan fingerprint density at radius 2 is 2.10 bits per heavy atom. The number of fused-ring (bicyclic) bond motifs is 2. The highest BCUT2D eigenvalue weighted by molar-refractivity contribution is 7.16. The van der Waals surface area contributed by atoms with Crippen molar-refractivity contribution in [2.45, 2.75) is 6.92 Å². The summed E-state index contributed by atoms with van der Waals surface area (Å²) in [5, 5.41) is 0. The molecule has 0 fully saturated rings. The maximum Gasteiger partial charge on any atom is 0.325 e. The maximum absolute atomic E-state index is 5.60. The van der Waals surface area contributed by atoms with Gasteiger partial charge in [-0.25, -0.2) is 0 Å². The third-order valence-electron chi connectivity index (χ3n) is 3.07. The summed E-state index contributed by atoms with van der Waals surface area (Å²) < 4.78 is 6.78. The summed E-state index contributed by atoms with van der Waals surface area (Å²) in [4.78, 5) is 12.8. The van der Waals surface area contributed by atoms with Crippen LogP contribution in [0.2, 0.25) is 0 Å². The van der Waals surface area contributed by atoms with E-state index in [1.165, 1.54) is 10.3 Å². The van der Waals surface area contributed by atoms with E-state index in [0.717, 1.165) is 21.4 Å². The Labute approximate surface area is 118 Å². The van der Waals surface area contributed by atoms with Crippen LogP contribution in [-0.4, -0.2) is 9.97 Å². The van der Waals surface area contributed by atoms with Gasteiger partial charge in [-0.3, -0.25) is 0 Å². The second-order valence-electron chi connectivity index (χ2n) is 4.61. The summed E-state index contributed by atoms with van der Waals surface area (Å²) in [6.07, 6.45) is 0. The molecule has 1 N–H and O–H groups in total. The smallest absolute Gasteiger partial charge is 0.325 e. The van der Waals surface area contributed by atoms with Gasteiger partial charge in [-0.15, -0.1) is 0 Å². The molecular weight excluding hydrogens is 270 g/mol. The predicted molar refractivity (Wildman–Crippen MR) is 80.1 cm³/mol. The molecule has 0 spiro atoms. The standard InChI is InChI=1S/C15H11N3OS/c1-9-6-7-11-13(8-9)20-15(17-11)18-14-16-10-4-2-3-5-12(10)19-14/h2-8H,1H3,(H,16,17,18). The van der Waals surface area contributed by atoms with E-state index in [-0.39, 0.29) is 0 Å². The zero-order chi connectivity index (χ0) is 13.5. The number of aromatic amines is 1. The lowest BCUT2D eigenvalue weighted by Crippen LogP contribution is -1.94. The van der Waals surface area contributed by atoms with Crippen LogP contribution in [0.15, 0.2) is 51.9 Å². The highest BCUT2D eigenvalue weighted by atomic mass is 32.1. The number of nitrogens with zero attached hydrogens (tertiary/aromatic N) is 2. The van der Waals surface area contributed by atoms with Gasteiger partial charge < -0.3 is 9.40 Å². The number of para-hydroxylation sites is 2. The van der Waals surface area contributed by atoms with Crippen LogP contribution in [0, 0.1) is 6.92 Å². The van der Waals surface area contributed by atoms with Crippen LogP contribution in [-0.2, 0) is 0 Å². The van der Waals surface area contributed by atoms with E-state index in [0.29, 0.717) is 6.01 Å². The summed E-state index contributed by atoms with van der Waals surface area (Å²) in [7, 11) is 0. The summed E-state index contributed by atoms with van der Waals surface area (Å²) in [6.45, 7) is 2.08. The molecule has 2 heterocycles. The van der Waals surface area contributed by atoms with Crippen molar-refractivity contribution in [3.63, 3.8) is 0 Å². The van der Waals surface area contributed by atoms with Gasteiger partial charge in [-0.05, 0) is 36.8 Å². The fourth-order valence-corrected chi connectivity index (χ4v) is 3.07. The van der Waals surface area contributed by atoms with Crippen LogP contribution in [0.4, 0.5) is 6.01 Å². The van der Waals surface area contributed by atoms with E-state index >= 15 is 0 Å². The molecule has 0 aliphatic rings. The van der Waals surface area contributed by atoms with Crippen LogP contribution in [0.3, 0.4) is 0 Å². The van der Waals surface area contributed by atoms with E-state index in [4.69, 9.17) is 4.42 Å². The second-order valence-corrected chi connectivity index (χ2v) is 5.64. The molecule has 0 bridgehead atoms. The van der Waals surface area contributed by atoms with Gasteiger partial charge in [-0.2, -0.15) is 9.98 Å². The van der Waals surface area contributed by atoms with Gasteiger partial charge >= 0.3 is 6.01 Å². The average Bonchev–Trinajstić information content (AvgIpc) is 3.00. The highest BCUT2D eigenvalue weighted by Gasteiger charge is 2.04. The fraction of sp³-hybridized carbons (Fsp3) is 0.0667. The number of oxazole rings is 1. The van der Waals surface area contributed by atoms with Gasteiger partial charge in [0, 0.05) is 0 Å². The van der Waals surface area contributed by atoms with Gasteiger partial charge in [0.25, 0.3) is 0 Å². The molecule has 2 aromatic carbocycles. The Balaban J connectivity index is 1.88. The maximum atomic E-state index is 5.60. The first-order valence-electron chi connectivity index (χ1n) is 6.28. The van der Waals surface area contributed by atoms with Crippen molar-refractivity contribution < 1.29 is 4.42 Å². The average molecular weight is 281 g/mol. The monoisotopic (exact) mass is 281 g/mol. The first-order valence-corrected chi connectivity index (χ1v) is 7.09. The van der Waals surface area contributed by atoms with Crippen LogP contribution in [0.5, 0.6) is 0 Å². The fourth-order valence-electron chi connectivity index (χ4n) is 2.11. The van der Waals surface area contributed by atoms with Crippen LogP contribution >= 0.6 is 11.3 Å². The molecular formula is C15H11N3OS. The lowest BCUT2D eigenvalue weighted by molar-refractivity contribution is 0.610. The Morgan fingerprint density at radius 1 is 1.20 bits per heavy atom. The Kier molecular flexibility index (Phi) is 2.47. The van der Waals surface area contributed by atoms with Crippen molar-refractivity contribution in [2.75, 3.05) is 0 Å². The van der Waals surface area contributed by atoms with Gasteiger partial charge in [0.2, 0.25) is 0 Å².